The summed E-state index contributed by atoms with van der Waals surface area (Å²) < 4.78 is 30.0. The lowest BCUT2D eigenvalue weighted by Gasteiger charge is -2.09. The standard InChI is InChI=1S/C14H14O3S/c1-17-11-12-7-5-6-10-14(12)18(15,16)13-8-3-2-4-9-13/h2-10H,11H2,1H3. The van der Waals surface area contributed by atoms with E-state index in [9.17, 15) is 8.42 Å². The molecule has 0 aliphatic heterocycles. The molecule has 0 heterocycles. The van der Waals surface area contributed by atoms with E-state index in [1.54, 1.807) is 61.7 Å². The Balaban J connectivity index is 2.55. The van der Waals surface area contributed by atoms with E-state index in [2.05, 4.69) is 0 Å². The Kier molecular flexibility index (Phi) is 3.79. The monoisotopic (exact) mass is 262 g/mol. The van der Waals surface area contributed by atoms with Crippen LogP contribution in [0.3, 0.4) is 0 Å². The minimum absolute atomic E-state index is 0.280. The fourth-order valence-corrected chi connectivity index (χ4v) is 3.27. The first-order chi connectivity index (χ1) is 8.66. The van der Waals surface area contributed by atoms with Gasteiger partial charge in [-0.3, -0.25) is 0 Å². The average molecular weight is 262 g/mol. The van der Waals surface area contributed by atoms with Gasteiger partial charge in [-0.1, -0.05) is 36.4 Å². The molecule has 0 aliphatic rings. The first kappa shape index (κ1) is 12.8. The molecule has 0 spiro atoms. The summed E-state index contributed by atoms with van der Waals surface area (Å²) >= 11 is 0. The highest BCUT2D eigenvalue weighted by Gasteiger charge is 2.20. The topological polar surface area (TPSA) is 43.4 Å². The predicted molar refractivity (Wildman–Crippen MR) is 69.0 cm³/mol. The van der Waals surface area contributed by atoms with E-state index in [1.807, 2.05) is 0 Å². The van der Waals surface area contributed by atoms with Crippen LogP contribution in [0.4, 0.5) is 0 Å². The maximum absolute atomic E-state index is 12.5. The lowest BCUT2D eigenvalue weighted by Crippen LogP contribution is -2.06. The molecule has 0 saturated carbocycles. The molecule has 0 radical (unpaired) electrons. The van der Waals surface area contributed by atoms with Crippen LogP contribution in [0.1, 0.15) is 5.56 Å². The van der Waals surface area contributed by atoms with E-state index in [1.165, 1.54) is 0 Å². The van der Waals surface area contributed by atoms with Gasteiger partial charge < -0.3 is 4.74 Å². The van der Waals surface area contributed by atoms with Gasteiger partial charge in [0.25, 0.3) is 0 Å². The van der Waals surface area contributed by atoms with Crippen molar-refractivity contribution in [2.24, 2.45) is 0 Å². The summed E-state index contributed by atoms with van der Waals surface area (Å²) in [4.78, 5) is 0.603. The second-order valence-electron chi connectivity index (χ2n) is 3.86. The van der Waals surface area contributed by atoms with Crippen LogP contribution in [0.2, 0.25) is 0 Å². The molecule has 18 heavy (non-hydrogen) atoms. The van der Waals surface area contributed by atoms with Gasteiger partial charge in [0.2, 0.25) is 9.84 Å². The third-order valence-electron chi connectivity index (χ3n) is 2.62. The van der Waals surface area contributed by atoms with Crippen LogP contribution in [0.5, 0.6) is 0 Å². The molecule has 0 N–H and O–H groups in total. The van der Waals surface area contributed by atoms with Gasteiger partial charge >= 0.3 is 0 Å². The van der Waals surface area contributed by atoms with Crippen LogP contribution in [0.25, 0.3) is 0 Å². The number of rotatable bonds is 4. The van der Waals surface area contributed by atoms with Crippen LogP contribution >= 0.6 is 0 Å². The third-order valence-corrected chi connectivity index (χ3v) is 4.49. The molecule has 0 aromatic heterocycles. The Hall–Kier alpha value is -1.65. The fraction of sp³-hybridized carbons (Fsp3) is 0.143. The second-order valence-corrected chi connectivity index (χ2v) is 5.78. The normalized spacial score (nSPS) is 11.4. The summed E-state index contributed by atoms with van der Waals surface area (Å²) in [7, 11) is -1.92. The highest BCUT2D eigenvalue weighted by Crippen LogP contribution is 2.24. The SMILES string of the molecule is COCc1ccccc1S(=O)(=O)c1ccccc1. The highest BCUT2D eigenvalue weighted by atomic mass is 32.2. The number of hydrogen-bond donors (Lipinski definition) is 0. The first-order valence-electron chi connectivity index (χ1n) is 5.53. The zero-order chi connectivity index (χ0) is 13.0. The smallest absolute Gasteiger partial charge is 0.206 e. The van der Waals surface area contributed by atoms with Gasteiger partial charge in [0.1, 0.15) is 0 Å². The molecule has 2 rings (SSSR count). The third kappa shape index (κ3) is 2.44. The molecule has 0 atom stereocenters. The Labute approximate surface area is 107 Å². The quantitative estimate of drug-likeness (QED) is 0.850. The Morgan fingerprint density at radius 1 is 0.944 bits per heavy atom. The van der Waals surface area contributed by atoms with Crippen molar-refractivity contribution in [1.29, 1.82) is 0 Å². The van der Waals surface area contributed by atoms with Gasteiger partial charge in [-0.25, -0.2) is 8.42 Å². The van der Waals surface area contributed by atoms with Gasteiger partial charge in [0, 0.05) is 7.11 Å². The second kappa shape index (κ2) is 5.33. The molecule has 2 aromatic rings. The lowest BCUT2D eigenvalue weighted by atomic mass is 10.2. The van der Waals surface area contributed by atoms with E-state index >= 15 is 0 Å². The largest absolute Gasteiger partial charge is 0.380 e. The summed E-state index contributed by atoms with van der Waals surface area (Å²) in [5, 5.41) is 0. The van der Waals surface area contributed by atoms with E-state index in [4.69, 9.17) is 4.74 Å². The van der Waals surface area contributed by atoms with Crippen molar-refractivity contribution in [2.45, 2.75) is 16.4 Å². The molecule has 0 aliphatic carbocycles. The van der Waals surface area contributed by atoms with E-state index < -0.39 is 9.84 Å². The number of hydrogen-bond acceptors (Lipinski definition) is 3. The lowest BCUT2D eigenvalue weighted by molar-refractivity contribution is 0.182. The summed E-state index contributed by atoms with van der Waals surface area (Å²) in [6, 6.07) is 15.3. The van der Waals surface area contributed by atoms with Crippen molar-refractivity contribution in [3.8, 4) is 0 Å². The van der Waals surface area contributed by atoms with Crippen LogP contribution in [-0.4, -0.2) is 15.5 Å². The minimum atomic E-state index is -3.47. The van der Waals surface area contributed by atoms with Crippen LogP contribution in [0, 0.1) is 0 Å². The predicted octanol–water partition coefficient (Wildman–Crippen LogP) is 2.67. The zero-order valence-corrected chi connectivity index (χ0v) is 10.9. The highest BCUT2D eigenvalue weighted by molar-refractivity contribution is 7.91. The molecule has 0 unspecified atom stereocenters. The van der Waals surface area contributed by atoms with Crippen molar-refractivity contribution in [3.63, 3.8) is 0 Å². The van der Waals surface area contributed by atoms with Crippen molar-refractivity contribution in [1.82, 2.24) is 0 Å². The Bertz CT molecular complexity index is 618. The average Bonchev–Trinajstić information content (AvgIpc) is 2.41. The maximum Gasteiger partial charge on any atom is 0.206 e. The van der Waals surface area contributed by atoms with Crippen molar-refractivity contribution in [2.75, 3.05) is 7.11 Å². The van der Waals surface area contributed by atoms with Crippen LogP contribution in [0.15, 0.2) is 64.4 Å². The number of sulfone groups is 1. The van der Waals surface area contributed by atoms with E-state index in [0.29, 0.717) is 15.4 Å². The maximum atomic E-state index is 12.5. The van der Waals surface area contributed by atoms with Crippen LogP contribution < -0.4 is 0 Å². The number of ether oxygens (including phenoxy) is 1. The zero-order valence-electron chi connectivity index (χ0n) is 10.0. The molecule has 4 heteroatoms. The molecule has 0 bridgehead atoms. The Morgan fingerprint density at radius 3 is 2.22 bits per heavy atom. The molecule has 3 nitrogen and oxygen atoms in total. The van der Waals surface area contributed by atoms with Crippen molar-refractivity contribution < 1.29 is 13.2 Å². The van der Waals surface area contributed by atoms with Gasteiger partial charge in [-0.15, -0.1) is 0 Å². The molecule has 0 saturated heterocycles. The molecular formula is C14H14O3S. The van der Waals surface area contributed by atoms with Gasteiger partial charge in [0.15, 0.2) is 0 Å². The van der Waals surface area contributed by atoms with Gasteiger partial charge in [-0.2, -0.15) is 0 Å². The van der Waals surface area contributed by atoms with E-state index in [0.717, 1.165) is 0 Å². The first-order valence-corrected chi connectivity index (χ1v) is 7.01. The van der Waals surface area contributed by atoms with Gasteiger partial charge in [0.05, 0.1) is 16.4 Å². The number of benzene rings is 2. The molecule has 0 amide bonds. The van der Waals surface area contributed by atoms with E-state index in [-0.39, 0.29) is 6.61 Å². The Morgan fingerprint density at radius 2 is 1.56 bits per heavy atom. The summed E-state index contributed by atoms with van der Waals surface area (Å²) in [6.45, 7) is 0.280. The van der Waals surface area contributed by atoms with Crippen molar-refractivity contribution >= 4 is 9.84 Å². The van der Waals surface area contributed by atoms with Crippen LogP contribution in [-0.2, 0) is 21.2 Å². The number of methoxy groups -OCH3 is 1. The van der Waals surface area contributed by atoms with Gasteiger partial charge in [-0.05, 0) is 23.8 Å². The molecule has 94 valence electrons. The summed E-state index contributed by atoms with van der Waals surface area (Å²) in [5.41, 5.74) is 0.670. The minimum Gasteiger partial charge on any atom is -0.380 e. The molecule has 0 fully saturated rings. The molecule has 2 aromatic carbocycles. The van der Waals surface area contributed by atoms with Crippen molar-refractivity contribution in [3.05, 3.63) is 60.2 Å². The summed E-state index contributed by atoms with van der Waals surface area (Å²) in [6.07, 6.45) is 0. The fourth-order valence-electron chi connectivity index (χ4n) is 1.77. The summed E-state index contributed by atoms with van der Waals surface area (Å²) in [5.74, 6) is 0. The molecular weight excluding hydrogens is 248 g/mol.